The molecule has 2 aliphatic carbocycles. The molecule has 6 rings (SSSR count). The normalized spacial score (nSPS) is 15.9. The second-order valence-electron chi connectivity index (χ2n) is 18.4. The van der Waals surface area contributed by atoms with Crippen molar-refractivity contribution in [2.24, 2.45) is 11.8 Å². The fraction of sp³-hybridized carbons (Fsp3) is 0.538. The SMILES string of the molecule is CCOP(=O)(/C=C/c1cnc(CC(=O)[C@H](CC2CCCC2)c2ccc(S(C)(=O)=O)cc2)cn1)OCC.CCOP(=O)(CCc1cnc(CC(=O)[C@H](CC2CCCC2)c2ccc(S(C)(=O)=O)cc2)cn1)OCC. The second-order valence-corrected chi connectivity index (χ2v) is 26.5. The molecule has 0 bridgehead atoms. The Morgan fingerprint density at radius 3 is 1.33 bits per heavy atom. The Labute approximate surface area is 426 Å². The van der Waals surface area contributed by atoms with E-state index in [1.54, 1.807) is 94.8 Å². The highest BCUT2D eigenvalue weighted by molar-refractivity contribution is 7.91. The van der Waals surface area contributed by atoms with Crippen molar-refractivity contribution < 1.29 is 53.6 Å². The van der Waals surface area contributed by atoms with E-state index in [0.29, 0.717) is 54.2 Å². The Hall–Kier alpha value is -4.12. The quantitative estimate of drug-likeness (QED) is 0.0506. The predicted octanol–water partition coefficient (Wildman–Crippen LogP) is 10.8. The van der Waals surface area contributed by atoms with Crippen molar-refractivity contribution >= 4 is 52.5 Å². The smallest absolute Gasteiger partial charge is 0.309 e. The van der Waals surface area contributed by atoms with Crippen molar-refractivity contribution in [1.29, 1.82) is 0 Å². The lowest BCUT2D eigenvalue weighted by atomic mass is 9.83. The van der Waals surface area contributed by atoms with Gasteiger partial charge in [-0.05, 0) is 93.8 Å². The van der Waals surface area contributed by atoms with Crippen LogP contribution in [0.25, 0.3) is 6.08 Å². The van der Waals surface area contributed by atoms with Crippen LogP contribution in [0.1, 0.15) is 138 Å². The largest absolute Gasteiger partial charge is 0.354 e. The summed E-state index contributed by atoms with van der Waals surface area (Å²) in [4.78, 5) is 44.9. The lowest BCUT2D eigenvalue weighted by Crippen LogP contribution is -2.19. The molecule has 0 aliphatic heterocycles. The van der Waals surface area contributed by atoms with Crippen molar-refractivity contribution in [2.45, 2.75) is 133 Å². The summed E-state index contributed by atoms with van der Waals surface area (Å²) in [6.45, 7) is 8.16. The number of benzene rings is 2. The lowest BCUT2D eigenvalue weighted by molar-refractivity contribution is -0.121. The van der Waals surface area contributed by atoms with Gasteiger partial charge in [0.05, 0.1) is 84.2 Å². The first kappa shape index (κ1) is 58.8. The summed E-state index contributed by atoms with van der Waals surface area (Å²) in [5, 5.41) is 0. The van der Waals surface area contributed by atoms with Crippen LogP contribution in [0.4, 0.5) is 0 Å². The highest BCUT2D eigenvalue weighted by Gasteiger charge is 2.30. The highest BCUT2D eigenvalue weighted by atomic mass is 32.2. The van der Waals surface area contributed by atoms with Crippen LogP contribution >= 0.6 is 15.2 Å². The van der Waals surface area contributed by atoms with E-state index in [2.05, 4.69) is 19.9 Å². The number of rotatable bonds is 27. The van der Waals surface area contributed by atoms with Gasteiger partial charge in [-0.3, -0.25) is 38.7 Å². The van der Waals surface area contributed by atoms with E-state index in [1.807, 2.05) is 0 Å². The Morgan fingerprint density at radius 1 is 0.583 bits per heavy atom. The topological polar surface area (TPSA) is 225 Å². The van der Waals surface area contributed by atoms with Crippen LogP contribution in [0.15, 0.2) is 88.9 Å². The monoisotopic (exact) mass is 1070 g/mol. The molecule has 20 heteroatoms. The second kappa shape index (κ2) is 28.0. The minimum Gasteiger partial charge on any atom is -0.309 e. The number of aromatic nitrogens is 4. The number of Topliss-reactive ketones (excluding diaryl/α,β-unsaturated/α-hetero) is 2. The number of carbonyl (C=O) groups is 2. The van der Waals surface area contributed by atoms with Crippen LogP contribution in [0, 0.1) is 11.8 Å². The molecule has 2 heterocycles. The van der Waals surface area contributed by atoms with Crippen LogP contribution in [0.5, 0.6) is 0 Å². The Morgan fingerprint density at radius 2 is 0.972 bits per heavy atom. The van der Waals surface area contributed by atoms with Crippen LogP contribution in [-0.2, 0) is 75.8 Å². The highest BCUT2D eigenvalue weighted by Crippen LogP contribution is 2.50. The molecule has 0 radical (unpaired) electrons. The fourth-order valence-corrected chi connectivity index (χ4v) is 13.4. The zero-order chi connectivity index (χ0) is 52.4. The average molecular weight is 1070 g/mol. The van der Waals surface area contributed by atoms with Crippen LogP contribution in [0.2, 0.25) is 0 Å². The Kier molecular flexibility index (Phi) is 22.8. The van der Waals surface area contributed by atoms with E-state index in [1.165, 1.54) is 56.3 Å². The summed E-state index contributed by atoms with van der Waals surface area (Å²) < 4.78 is 93.7. The van der Waals surface area contributed by atoms with E-state index >= 15 is 0 Å². The van der Waals surface area contributed by atoms with Gasteiger partial charge in [0.2, 0.25) is 0 Å². The molecule has 16 nitrogen and oxygen atoms in total. The molecule has 0 amide bonds. The number of nitrogens with zero attached hydrogens (tertiary/aromatic N) is 4. The third kappa shape index (κ3) is 18.7. The van der Waals surface area contributed by atoms with E-state index in [4.69, 9.17) is 18.1 Å². The van der Waals surface area contributed by atoms with Gasteiger partial charge in [-0.1, -0.05) is 75.6 Å². The van der Waals surface area contributed by atoms with Gasteiger partial charge in [-0.2, -0.15) is 0 Å². The zero-order valence-corrected chi connectivity index (χ0v) is 45.9. The van der Waals surface area contributed by atoms with Gasteiger partial charge in [0.1, 0.15) is 11.6 Å². The molecular formula is C52H72N4O12P2S2. The van der Waals surface area contributed by atoms with Gasteiger partial charge in [-0.25, -0.2) is 16.8 Å². The molecule has 0 unspecified atom stereocenters. The molecule has 2 aliphatic rings. The van der Waals surface area contributed by atoms with Gasteiger partial charge in [0, 0.05) is 55.2 Å². The minimum atomic E-state index is -3.34. The molecule has 72 heavy (non-hydrogen) atoms. The summed E-state index contributed by atoms with van der Waals surface area (Å²) in [6, 6.07) is 13.3. The summed E-state index contributed by atoms with van der Waals surface area (Å²) in [7, 11) is -13.1. The van der Waals surface area contributed by atoms with E-state index in [-0.39, 0.29) is 65.4 Å². The van der Waals surface area contributed by atoms with Crippen LogP contribution in [0.3, 0.4) is 0 Å². The molecule has 394 valence electrons. The molecule has 2 fully saturated rings. The first-order valence-corrected chi connectivity index (χ1v) is 32.1. The van der Waals surface area contributed by atoms with Gasteiger partial charge < -0.3 is 18.1 Å². The van der Waals surface area contributed by atoms with E-state index in [0.717, 1.165) is 49.7 Å². The number of hydrogen-bond donors (Lipinski definition) is 0. The average Bonchev–Trinajstić information content (AvgIpc) is 4.08. The predicted molar refractivity (Wildman–Crippen MR) is 279 cm³/mol. The Balaban J connectivity index is 0.000000267. The molecule has 0 spiro atoms. The summed E-state index contributed by atoms with van der Waals surface area (Å²) >= 11 is 0. The number of hydrogen-bond acceptors (Lipinski definition) is 16. The van der Waals surface area contributed by atoms with Crippen LogP contribution < -0.4 is 0 Å². The van der Waals surface area contributed by atoms with Gasteiger partial charge in [-0.15, -0.1) is 0 Å². The van der Waals surface area contributed by atoms with Crippen molar-refractivity contribution in [1.82, 2.24) is 19.9 Å². The summed E-state index contributed by atoms with van der Waals surface area (Å²) in [5.41, 5.74) is 3.92. The van der Waals surface area contributed by atoms with Crippen molar-refractivity contribution in [3.8, 4) is 0 Å². The number of carbonyl (C=O) groups excluding carboxylic acids is 2. The molecule has 0 N–H and O–H groups in total. The maximum Gasteiger partial charge on any atom is 0.354 e. The minimum absolute atomic E-state index is 0.0313. The fourth-order valence-electron chi connectivity index (χ4n) is 9.17. The van der Waals surface area contributed by atoms with Crippen molar-refractivity contribution in [2.75, 3.05) is 45.1 Å². The number of sulfone groups is 2. The lowest BCUT2D eigenvalue weighted by Gasteiger charge is -2.20. The maximum absolute atomic E-state index is 13.4. The van der Waals surface area contributed by atoms with Gasteiger partial charge in [0.15, 0.2) is 19.7 Å². The molecular weight excluding hydrogens is 999 g/mol. The molecule has 2 atom stereocenters. The third-order valence-electron chi connectivity index (χ3n) is 12.8. The summed E-state index contributed by atoms with van der Waals surface area (Å²) in [5.74, 6) is 1.79. The van der Waals surface area contributed by atoms with Gasteiger partial charge >= 0.3 is 15.2 Å². The van der Waals surface area contributed by atoms with Crippen LogP contribution in [-0.4, -0.2) is 93.4 Å². The standard InChI is InChI=1S/C26H37N2O6PS.C26H35N2O6PS/c2*1-4-33-35(30,34-5-2)15-14-22-18-28-23(19-27-22)17-26(29)25(16-20-8-6-7-9-20)21-10-12-24(13-11-21)36(3,31)32/h10-13,18-20,25H,4-9,14-17H2,1-3H3;10-15,18-20,25H,4-9,16-17H2,1-3H3/b;15-14+/t2*25-/m11/s1. The molecule has 0 saturated heterocycles. The zero-order valence-electron chi connectivity index (χ0n) is 42.5. The first-order valence-electron chi connectivity index (χ1n) is 25.0. The maximum atomic E-state index is 13.4. The van der Waals surface area contributed by atoms with E-state index < -0.39 is 34.9 Å². The first-order chi connectivity index (χ1) is 34.3. The molecule has 2 aromatic heterocycles. The third-order valence-corrected chi connectivity index (χ3v) is 18.9. The number of aryl methyl sites for hydroxylation is 1. The molecule has 2 aromatic carbocycles. The molecule has 2 saturated carbocycles. The van der Waals surface area contributed by atoms with Gasteiger partial charge in [0.25, 0.3) is 0 Å². The molecule has 4 aromatic rings. The Bertz CT molecular complexity index is 2690. The van der Waals surface area contributed by atoms with Crippen molar-refractivity contribution in [3.63, 3.8) is 0 Å². The van der Waals surface area contributed by atoms with E-state index in [9.17, 15) is 35.6 Å². The van der Waals surface area contributed by atoms with Crippen molar-refractivity contribution in [3.05, 3.63) is 113 Å². The number of ketones is 2. The summed E-state index contributed by atoms with van der Waals surface area (Å²) in [6.07, 6.45) is 21.7.